The second-order valence-corrected chi connectivity index (χ2v) is 8.25. The van der Waals surface area contributed by atoms with Crippen molar-refractivity contribution < 1.29 is 13.6 Å². The molecule has 158 valence electrons. The number of benzene rings is 2. The fourth-order valence-electron chi connectivity index (χ4n) is 3.04. The van der Waals surface area contributed by atoms with Crippen LogP contribution in [-0.2, 0) is 17.9 Å². The van der Waals surface area contributed by atoms with Crippen molar-refractivity contribution in [1.29, 1.82) is 0 Å². The van der Waals surface area contributed by atoms with Gasteiger partial charge in [-0.25, -0.2) is 4.39 Å². The number of rotatable bonds is 8. The van der Waals surface area contributed by atoms with Crippen LogP contribution in [0.5, 0.6) is 0 Å². The Labute approximate surface area is 183 Å². The molecule has 8 heteroatoms. The maximum atomic E-state index is 13.4. The number of thioether (sulfide) groups is 1. The van der Waals surface area contributed by atoms with Gasteiger partial charge in [-0.15, -0.1) is 10.2 Å². The van der Waals surface area contributed by atoms with Crippen LogP contribution in [-0.4, -0.2) is 25.9 Å². The Morgan fingerprint density at radius 2 is 1.87 bits per heavy atom. The normalized spacial score (nSPS) is 11.9. The molecule has 0 aliphatic carbocycles. The van der Waals surface area contributed by atoms with E-state index in [0.29, 0.717) is 29.8 Å². The smallest absolute Gasteiger partial charge is 0.233 e. The molecule has 2 heterocycles. The Balaban J connectivity index is 1.55. The third-order valence-corrected chi connectivity index (χ3v) is 5.75. The van der Waals surface area contributed by atoms with Gasteiger partial charge < -0.3 is 9.73 Å². The Hall–Kier alpha value is -3.39. The van der Waals surface area contributed by atoms with Gasteiger partial charge in [0.05, 0.1) is 24.6 Å². The summed E-state index contributed by atoms with van der Waals surface area (Å²) in [6, 6.07) is 19.7. The van der Waals surface area contributed by atoms with Crippen molar-refractivity contribution in [2.45, 2.75) is 30.4 Å². The van der Waals surface area contributed by atoms with Gasteiger partial charge in [-0.05, 0) is 48.9 Å². The number of nitrogens with one attached hydrogen (secondary N) is 1. The van der Waals surface area contributed by atoms with E-state index >= 15 is 0 Å². The molecule has 0 aliphatic heterocycles. The maximum absolute atomic E-state index is 13.4. The molecule has 1 atom stereocenters. The van der Waals surface area contributed by atoms with Crippen LogP contribution in [0.2, 0.25) is 0 Å². The van der Waals surface area contributed by atoms with E-state index in [-0.39, 0.29) is 11.7 Å². The highest BCUT2D eigenvalue weighted by Crippen LogP contribution is 2.28. The van der Waals surface area contributed by atoms with E-state index in [1.54, 1.807) is 24.5 Å². The fraction of sp³-hybridized carbons (Fsp3) is 0.174. The molecular weight excluding hydrogens is 415 g/mol. The van der Waals surface area contributed by atoms with Crippen molar-refractivity contribution >= 4 is 17.7 Å². The first-order valence-electron chi connectivity index (χ1n) is 9.80. The molecule has 0 fully saturated rings. The van der Waals surface area contributed by atoms with Crippen molar-refractivity contribution in [3.63, 3.8) is 0 Å². The van der Waals surface area contributed by atoms with Crippen molar-refractivity contribution in [2.75, 3.05) is 0 Å². The molecule has 6 nitrogen and oxygen atoms in total. The maximum Gasteiger partial charge on any atom is 0.233 e. The molecular formula is C23H21FN4O2S. The molecule has 0 radical (unpaired) electrons. The zero-order valence-electron chi connectivity index (χ0n) is 16.9. The van der Waals surface area contributed by atoms with Gasteiger partial charge in [-0.1, -0.05) is 42.1 Å². The number of hydrogen-bond donors (Lipinski definition) is 1. The minimum absolute atomic E-state index is 0.126. The van der Waals surface area contributed by atoms with Gasteiger partial charge in [0.25, 0.3) is 0 Å². The van der Waals surface area contributed by atoms with Crippen LogP contribution in [0.1, 0.15) is 18.2 Å². The number of carbonyl (C=O) groups excluding carboxylic acids is 1. The van der Waals surface area contributed by atoms with Gasteiger partial charge in [0.15, 0.2) is 11.0 Å². The summed E-state index contributed by atoms with van der Waals surface area (Å²) in [6.45, 7) is 2.68. The summed E-state index contributed by atoms with van der Waals surface area (Å²) in [6.07, 6.45) is 1.57. The minimum Gasteiger partial charge on any atom is -0.467 e. The molecule has 1 N–H and O–H groups in total. The first-order chi connectivity index (χ1) is 15.1. The lowest BCUT2D eigenvalue weighted by Gasteiger charge is -2.14. The fourth-order valence-corrected chi connectivity index (χ4v) is 3.91. The summed E-state index contributed by atoms with van der Waals surface area (Å²) < 4.78 is 20.6. The quantitative estimate of drug-likeness (QED) is 0.411. The molecule has 2 aromatic carbocycles. The standard InChI is InChI=1S/C23H21FN4O2S/c1-16(22(29)25-14-20-8-5-13-30-20)31-23-27-26-21(18-9-11-19(24)12-10-18)28(23)15-17-6-3-2-4-7-17/h2-13,16H,14-15H2,1H3,(H,25,29)/t16-/m1/s1. The Morgan fingerprint density at radius 3 is 2.58 bits per heavy atom. The minimum atomic E-state index is -0.394. The SMILES string of the molecule is C[C@@H](Sc1nnc(-c2ccc(F)cc2)n1Cc1ccccc1)C(=O)NCc1ccco1. The highest BCUT2D eigenvalue weighted by molar-refractivity contribution is 8.00. The van der Waals surface area contributed by atoms with Gasteiger partial charge in [-0.3, -0.25) is 9.36 Å². The number of furan rings is 1. The summed E-state index contributed by atoms with van der Waals surface area (Å²) in [4.78, 5) is 12.6. The van der Waals surface area contributed by atoms with Gasteiger partial charge in [0, 0.05) is 5.56 Å². The third-order valence-electron chi connectivity index (χ3n) is 4.67. The van der Waals surface area contributed by atoms with Gasteiger partial charge in [0.1, 0.15) is 11.6 Å². The molecule has 0 spiro atoms. The molecule has 2 aromatic heterocycles. The van der Waals surface area contributed by atoms with Crippen molar-refractivity contribution in [2.24, 2.45) is 0 Å². The van der Waals surface area contributed by atoms with Crippen LogP contribution in [0, 0.1) is 5.82 Å². The number of amides is 1. The van der Waals surface area contributed by atoms with Crippen molar-refractivity contribution in [3.8, 4) is 11.4 Å². The summed E-state index contributed by atoms with van der Waals surface area (Å²) in [5, 5.41) is 11.7. The van der Waals surface area contributed by atoms with Crippen LogP contribution in [0.3, 0.4) is 0 Å². The molecule has 0 saturated heterocycles. The Morgan fingerprint density at radius 1 is 1.10 bits per heavy atom. The second kappa shape index (κ2) is 9.61. The van der Waals surface area contributed by atoms with Gasteiger partial charge >= 0.3 is 0 Å². The molecule has 31 heavy (non-hydrogen) atoms. The van der Waals surface area contributed by atoms with E-state index in [2.05, 4.69) is 15.5 Å². The lowest BCUT2D eigenvalue weighted by molar-refractivity contribution is -0.120. The summed E-state index contributed by atoms with van der Waals surface area (Å²) in [7, 11) is 0. The molecule has 4 rings (SSSR count). The first-order valence-corrected chi connectivity index (χ1v) is 10.7. The van der Waals surface area contributed by atoms with Gasteiger partial charge in [-0.2, -0.15) is 0 Å². The van der Waals surface area contributed by atoms with Crippen LogP contribution in [0.4, 0.5) is 4.39 Å². The molecule has 0 aliphatic rings. The zero-order valence-corrected chi connectivity index (χ0v) is 17.7. The first kappa shape index (κ1) is 20.9. The monoisotopic (exact) mass is 436 g/mol. The third kappa shape index (κ3) is 5.21. The van der Waals surface area contributed by atoms with Gasteiger partial charge in [0.2, 0.25) is 5.91 Å². The van der Waals surface area contributed by atoms with Crippen LogP contribution in [0.15, 0.2) is 82.6 Å². The Bertz CT molecular complexity index is 1130. The zero-order chi connectivity index (χ0) is 21.6. The lowest BCUT2D eigenvalue weighted by Crippen LogP contribution is -2.30. The highest BCUT2D eigenvalue weighted by atomic mass is 32.2. The largest absolute Gasteiger partial charge is 0.467 e. The summed E-state index contributed by atoms with van der Waals surface area (Å²) in [5.41, 5.74) is 1.83. The highest BCUT2D eigenvalue weighted by Gasteiger charge is 2.21. The van der Waals surface area contributed by atoms with Crippen molar-refractivity contribution in [1.82, 2.24) is 20.1 Å². The molecule has 0 bridgehead atoms. The second-order valence-electron chi connectivity index (χ2n) is 6.94. The molecule has 0 unspecified atom stereocenters. The van der Waals surface area contributed by atoms with E-state index < -0.39 is 5.25 Å². The van der Waals surface area contributed by atoms with Crippen LogP contribution < -0.4 is 5.32 Å². The predicted molar refractivity (Wildman–Crippen MR) is 117 cm³/mol. The number of hydrogen-bond acceptors (Lipinski definition) is 5. The van der Waals surface area contributed by atoms with E-state index in [9.17, 15) is 9.18 Å². The predicted octanol–water partition coefficient (Wildman–Crippen LogP) is 4.52. The van der Waals surface area contributed by atoms with E-state index in [4.69, 9.17) is 4.42 Å². The Kier molecular flexibility index (Phi) is 6.47. The number of halogens is 1. The van der Waals surface area contributed by atoms with E-state index in [1.165, 1.54) is 23.9 Å². The van der Waals surface area contributed by atoms with Crippen LogP contribution in [0.25, 0.3) is 11.4 Å². The molecule has 4 aromatic rings. The number of aromatic nitrogens is 3. The topological polar surface area (TPSA) is 73.0 Å². The number of nitrogens with zero attached hydrogens (tertiary/aromatic N) is 3. The number of carbonyl (C=O) groups is 1. The average Bonchev–Trinajstić information content (AvgIpc) is 3.44. The average molecular weight is 437 g/mol. The molecule has 0 saturated carbocycles. The van der Waals surface area contributed by atoms with E-state index in [0.717, 1.165) is 11.1 Å². The van der Waals surface area contributed by atoms with E-state index in [1.807, 2.05) is 47.9 Å². The molecule has 1 amide bonds. The summed E-state index contributed by atoms with van der Waals surface area (Å²) >= 11 is 1.33. The van der Waals surface area contributed by atoms with Crippen LogP contribution >= 0.6 is 11.8 Å². The lowest BCUT2D eigenvalue weighted by atomic mass is 10.2. The summed E-state index contributed by atoms with van der Waals surface area (Å²) in [5.74, 6) is 0.874. The van der Waals surface area contributed by atoms with Crippen molar-refractivity contribution in [3.05, 3.63) is 90.1 Å².